The van der Waals surface area contributed by atoms with Crippen molar-refractivity contribution in [3.05, 3.63) is 59.9 Å². The summed E-state index contributed by atoms with van der Waals surface area (Å²) in [6.45, 7) is 1.31. The minimum Gasteiger partial charge on any atom is -0.495 e. The Kier molecular flexibility index (Phi) is 7.14. The molecule has 0 atom stereocenters. The standard InChI is InChI=1S/C24H25ClN4O4/c1-31-20-15-21(32-2)19(14-18(20)25)28-23(30)16-8-12-29(13-9-16)22-24(27-11-10-26-22)33-17-6-4-3-5-7-17/h3-7,10-11,14-16H,8-9,12-13H2,1-2H3,(H,28,30). The van der Waals surface area contributed by atoms with Crippen molar-refractivity contribution in [2.45, 2.75) is 12.8 Å². The fourth-order valence-corrected chi connectivity index (χ4v) is 3.99. The highest BCUT2D eigenvalue weighted by Crippen LogP contribution is 2.37. The van der Waals surface area contributed by atoms with Gasteiger partial charge in [0.15, 0.2) is 5.82 Å². The number of para-hydroxylation sites is 1. The Morgan fingerprint density at radius 2 is 1.73 bits per heavy atom. The summed E-state index contributed by atoms with van der Waals surface area (Å²) in [5, 5.41) is 3.35. The smallest absolute Gasteiger partial charge is 0.263 e. The monoisotopic (exact) mass is 468 g/mol. The molecule has 1 fully saturated rings. The van der Waals surface area contributed by atoms with E-state index >= 15 is 0 Å². The van der Waals surface area contributed by atoms with Gasteiger partial charge in [0.2, 0.25) is 5.91 Å². The molecule has 0 aliphatic carbocycles. The summed E-state index contributed by atoms with van der Waals surface area (Å²) < 4.78 is 16.5. The number of aromatic nitrogens is 2. The van der Waals surface area contributed by atoms with Crippen LogP contribution in [0.2, 0.25) is 5.02 Å². The third kappa shape index (κ3) is 5.28. The minimum atomic E-state index is -0.151. The second-order valence-electron chi connectivity index (χ2n) is 7.54. The van der Waals surface area contributed by atoms with Crippen LogP contribution in [0.4, 0.5) is 11.5 Å². The number of hydrogen-bond donors (Lipinski definition) is 1. The van der Waals surface area contributed by atoms with Crippen molar-refractivity contribution < 1.29 is 19.0 Å². The molecular weight excluding hydrogens is 444 g/mol. The molecule has 8 nitrogen and oxygen atoms in total. The molecule has 2 aromatic carbocycles. The van der Waals surface area contributed by atoms with Crippen LogP contribution in [0.25, 0.3) is 0 Å². The maximum atomic E-state index is 12.9. The first-order chi connectivity index (χ1) is 16.1. The van der Waals surface area contributed by atoms with E-state index in [1.807, 2.05) is 30.3 Å². The van der Waals surface area contributed by atoms with Crippen LogP contribution < -0.4 is 24.4 Å². The predicted octanol–water partition coefficient (Wildman–Crippen LogP) is 4.79. The van der Waals surface area contributed by atoms with E-state index in [1.165, 1.54) is 14.2 Å². The Balaban J connectivity index is 1.41. The molecule has 0 spiro atoms. The number of methoxy groups -OCH3 is 2. The zero-order valence-corrected chi connectivity index (χ0v) is 19.2. The van der Waals surface area contributed by atoms with Crippen molar-refractivity contribution in [2.24, 2.45) is 5.92 Å². The Morgan fingerprint density at radius 3 is 2.42 bits per heavy atom. The van der Waals surface area contributed by atoms with Crippen molar-refractivity contribution in [1.82, 2.24) is 9.97 Å². The molecule has 0 radical (unpaired) electrons. The Labute approximate surface area is 197 Å². The van der Waals surface area contributed by atoms with Crippen molar-refractivity contribution >= 4 is 29.0 Å². The molecule has 1 aliphatic rings. The number of nitrogens with zero attached hydrogens (tertiary/aromatic N) is 3. The van der Waals surface area contributed by atoms with E-state index in [9.17, 15) is 4.79 Å². The van der Waals surface area contributed by atoms with E-state index in [-0.39, 0.29) is 11.8 Å². The largest absolute Gasteiger partial charge is 0.495 e. The summed E-state index contributed by atoms with van der Waals surface area (Å²) >= 11 is 6.22. The molecule has 1 aromatic heterocycles. The maximum absolute atomic E-state index is 12.9. The lowest BCUT2D eigenvalue weighted by atomic mass is 9.95. The summed E-state index contributed by atoms with van der Waals surface area (Å²) in [6.07, 6.45) is 4.58. The molecule has 3 aromatic rings. The lowest BCUT2D eigenvalue weighted by Crippen LogP contribution is -2.38. The summed E-state index contributed by atoms with van der Waals surface area (Å²) in [4.78, 5) is 23.9. The molecule has 9 heteroatoms. The minimum absolute atomic E-state index is 0.0749. The maximum Gasteiger partial charge on any atom is 0.263 e. The van der Waals surface area contributed by atoms with Crippen LogP contribution in [0.1, 0.15) is 12.8 Å². The van der Waals surface area contributed by atoms with Gasteiger partial charge >= 0.3 is 0 Å². The number of amides is 1. The number of nitrogens with one attached hydrogen (secondary N) is 1. The predicted molar refractivity (Wildman–Crippen MR) is 127 cm³/mol. The molecule has 0 saturated carbocycles. The van der Waals surface area contributed by atoms with E-state index in [0.717, 1.165) is 0 Å². The lowest BCUT2D eigenvalue weighted by Gasteiger charge is -2.32. The Morgan fingerprint density at radius 1 is 1.03 bits per heavy atom. The molecule has 4 rings (SSSR count). The summed E-state index contributed by atoms with van der Waals surface area (Å²) in [5.74, 6) is 2.56. The first-order valence-corrected chi connectivity index (χ1v) is 11.0. The summed E-state index contributed by atoms with van der Waals surface area (Å²) in [6, 6.07) is 12.8. The first-order valence-electron chi connectivity index (χ1n) is 10.6. The van der Waals surface area contributed by atoms with Gasteiger partial charge in [-0.2, -0.15) is 0 Å². The van der Waals surface area contributed by atoms with Crippen molar-refractivity contribution in [2.75, 3.05) is 37.5 Å². The third-order valence-electron chi connectivity index (χ3n) is 5.50. The van der Waals surface area contributed by atoms with E-state index < -0.39 is 0 Å². The Bertz CT molecular complexity index is 1100. The molecule has 0 unspecified atom stereocenters. The number of benzene rings is 2. The van der Waals surface area contributed by atoms with Gasteiger partial charge in [-0.15, -0.1) is 0 Å². The quantitative estimate of drug-likeness (QED) is 0.533. The summed E-state index contributed by atoms with van der Waals surface area (Å²) in [5.41, 5.74) is 0.517. The number of carbonyl (C=O) groups excluding carboxylic acids is 1. The van der Waals surface area contributed by atoms with Crippen molar-refractivity contribution in [3.63, 3.8) is 0 Å². The Hall–Kier alpha value is -3.52. The number of anilines is 2. The lowest BCUT2D eigenvalue weighted by molar-refractivity contribution is -0.120. The second-order valence-corrected chi connectivity index (χ2v) is 7.95. The van der Waals surface area contributed by atoms with Gasteiger partial charge in [0, 0.05) is 37.5 Å². The molecule has 1 saturated heterocycles. The van der Waals surface area contributed by atoms with Crippen LogP contribution in [0, 0.1) is 5.92 Å². The van der Waals surface area contributed by atoms with Crippen LogP contribution in [0.15, 0.2) is 54.9 Å². The van der Waals surface area contributed by atoms with E-state index in [2.05, 4.69) is 20.2 Å². The fourth-order valence-electron chi connectivity index (χ4n) is 3.75. The number of halogens is 1. The third-order valence-corrected chi connectivity index (χ3v) is 5.80. The van der Waals surface area contributed by atoms with Gasteiger partial charge in [0.05, 0.1) is 24.9 Å². The van der Waals surface area contributed by atoms with Crippen molar-refractivity contribution in [1.29, 1.82) is 0 Å². The molecule has 1 amide bonds. The zero-order chi connectivity index (χ0) is 23.2. The highest BCUT2D eigenvalue weighted by Gasteiger charge is 2.28. The molecule has 1 N–H and O–H groups in total. The van der Waals surface area contributed by atoms with E-state index in [0.29, 0.717) is 65.6 Å². The van der Waals surface area contributed by atoms with Gasteiger partial charge in [0.1, 0.15) is 17.2 Å². The van der Waals surface area contributed by atoms with Crippen LogP contribution in [0.3, 0.4) is 0 Å². The van der Waals surface area contributed by atoms with Gasteiger partial charge in [-0.1, -0.05) is 29.8 Å². The van der Waals surface area contributed by atoms with Crippen molar-refractivity contribution in [3.8, 4) is 23.1 Å². The molecule has 0 bridgehead atoms. The van der Waals surface area contributed by atoms with Crippen LogP contribution in [-0.2, 0) is 4.79 Å². The molecular formula is C24H25ClN4O4. The van der Waals surface area contributed by atoms with E-state index in [4.69, 9.17) is 25.8 Å². The van der Waals surface area contributed by atoms with Gasteiger partial charge in [0.25, 0.3) is 5.88 Å². The topological polar surface area (TPSA) is 85.8 Å². The molecule has 172 valence electrons. The first kappa shape index (κ1) is 22.7. The van der Waals surface area contributed by atoms with Crippen LogP contribution in [0.5, 0.6) is 23.1 Å². The highest BCUT2D eigenvalue weighted by molar-refractivity contribution is 6.32. The average Bonchev–Trinajstić information content (AvgIpc) is 2.85. The SMILES string of the molecule is COc1cc(OC)c(NC(=O)C2CCN(c3nccnc3Oc3ccccc3)CC2)cc1Cl. The number of rotatable bonds is 7. The van der Waals surface area contributed by atoms with Gasteiger partial charge in [-0.3, -0.25) is 4.79 Å². The molecule has 2 heterocycles. The number of piperidine rings is 1. The molecule has 33 heavy (non-hydrogen) atoms. The fraction of sp³-hybridized carbons (Fsp3) is 0.292. The number of hydrogen-bond acceptors (Lipinski definition) is 7. The summed E-state index contributed by atoms with van der Waals surface area (Å²) in [7, 11) is 3.06. The van der Waals surface area contributed by atoms with Crippen LogP contribution >= 0.6 is 11.6 Å². The number of carbonyl (C=O) groups is 1. The second kappa shape index (κ2) is 10.4. The average molecular weight is 469 g/mol. The number of ether oxygens (including phenoxy) is 3. The zero-order valence-electron chi connectivity index (χ0n) is 18.5. The van der Waals surface area contributed by atoms with E-state index in [1.54, 1.807) is 24.5 Å². The normalized spacial score (nSPS) is 14.0. The molecule has 1 aliphatic heterocycles. The highest BCUT2D eigenvalue weighted by atomic mass is 35.5. The van der Waals surface area contributed by atoms with Crippen LogP contribution in [-0.4, -0.2) is 43.2 Å². The van der Waals surface area contributed by atoms with Gasteiger partial charge in [-0.25, -0.2) is 9.97 Å². The van der Waals surface area contributed by atoms with Gasteiger partial charge < -0.3 is 24.4 Å². The van der Waals surface area contributed by atoms with Gasteiger partial charge in [-0.05, 0) is 31.0 Å².